The van der Waals surface area contributed by atoms with E-state index in [1.807, 2.05) is 6.92 Å². The van der Waals surface area contributed by atoms with Crippen LogP contribution in [0.2, 0.25) is 0 Å². The Kier molecular flexibility index (Phi) is 4.63. The lowest BCUT2D eigenvalue weighted by Gasteiger charge is -2.05. The SMILES string of the molecule is CCCNC(=O)C(=O)c1ccc(OC)c(F)c1. The quantitative estimate of drug-likeness (QED) is 0.626. The van der Waals surface area contributed by atoms with Crippen molar-refractivity contribution in [3.05, 3.63) is 29.6 Å². The summed E-state index contributed by atoms with van der Waals surface area (Å²) < 4.78 is 18.0. The predicted molar refractivity (Wildman–Crippen MR) is 60.6 cm³/mol. The average molecular weight is 239 g/mol. The van der Waals surface area contributed by atoms with Crippen LogP contribution in [0, 0.1) is 5.82 Å². The normalized spacial score (nSPS) is 9.82. The van der Waals surface area contributed by atoms with Crippen LogP contribution in [-0.4, -0.2) is 25.3 Å². The number of nitrogens with one attached hydrogen (secondary N) is 1. The number of ether oxygens (including phenoxy) is 1. The van der Waals surface area contributed by atoms with E-state index in [-0.39, 0.29) is 11.3 Å². The van der Waals surface area contributed by atoms with E-state index in [9.17, 15) is 14.0 Å². The highest BCUT2D eigenvalue weighted by molar-refractivity contribution is 6.42. The fourth-order valence-corrected chi connectivity index (χ4v) is 1.26. The van der Waals surface area contributed by atoms with Gasteiger partial charge in [-0.05, 0) is 24.6 Å². The second kappa shape index (κ2) is 5.98. The molecule has 0 aliphatic carbocycles. The summed E-state index contributed by atoms with van der Waals surface area (Å²) in [6.45, 7) is 2.29. The molecule has 0 radical (unpaired) electrons. The van der Waals surface area contributed by atoms with E-state index in [1.165, 1.54) is 19.2 Å². The summed E-state index contributed by atoms with van der Waals surface area (Å²) in [6.07, 6.45) is 0.732. The van der Waals surface area contributed by atoms with Crippen LogP contribution < -0.4 is 10.1 Å². The standard InChI is InChI=1S/C12H14FNO3/c1-3-6-14-12(16)11(15)8-4-5-10(17-2)9(13)7-8/h4-5,7H,3,6H2,1-2H3,(H,14,16). The number of ketones is 1. The van der Waals surface area contributed by atoms with E-state index < -0.39 is 17.5 Å². The molecular weight excluding hydrogens is 225 g/mol. The number of methoxy groups -OCH3 is 1. The van der Waals surface area contributed by atoms with Gasteiger partial charge in [-0.1, -0.05) is 6.92 Å². The third-order valence-electron chi connectivity index (χ3n) is 2.16. The van der Waals surface area contributed by atoms with Gasteiger partial charge in [0.05, 0.1) is 7.11 Å². The van der Waals surface area contributed by atoms with Gasteiger partial charge < -0.3 is 10.1 Å². The second-order valence-corrected chi connectivity index (χ2v) is 3.43. The Labute approximate surface area is 98.8 Å². The summed E-state index contributed by atoms with van der Waals surface area (Å²) in [5, 5.41) is 2.44. The first-order valence-corrected chi connectivity index (χ1v) is 5.26. The summed E-state index contributed by atoms with van der Waals surface area (Å²) in [4.78, 5) is 22.9. The number of amides is 1. The highest BCUT2D eigenvalue weighted by Gasteiger charge is 2.17. The highest BCUT2D eigenvalue weighted by Crippen LogP contribution is 2.17. The van der Waals surface area contributed by atoms with Crippen LogP contribution in [0.15, 0.2) is 18.2 Å². The van der Waals surface area contributed by atoms with Crippen LogP contribution in [0.25, 0.3) is 0 Å². The molecule has 0 spiro atoms. The van der Waals surface area contributed by atoms with Gasteiger partial charge in [0.15, 0.2) is 11.6 Å². The minimum atomic E-state index is -0.750. The third-order valence-corrected chi connectivity index (χ3v) is 2.16. The Bertz CT molecular complexity index is 432. The van der Waals surface area contributed by atoms with Gasteiger partial charge in [0.25, 0.3) is 5.91 Å². The molecule has 1 amide bonds. The number of halogens is 1. The number of Topliss-reactive ketones (excluding diaryl/α,β-unsaturated/α-hetero) is 1. The van der Waals surface area contributed by atoms with Gasteiger partial charge in [0.2, 0.25) is 5.78 Å². The topological polar surface area (TPSA) is 55.4 Å². The molecule has 0 unspecified atom stereocenters. The fourth-order valence-electron chi connectivity index (χ4n) is 1.26. The first-order valence-electron chi connectivity index (χ1n) is 5.26. The number of rotatable bonds is 5. The van der Waals surface area contributed by atoms with Gasteiger partial charge in [-0.3, -0.25) is 9.59 Å². The zero-order valence-corrected chi connectivity index (χ0v) is 9.75. The molecule has 0 atom stereocenters. The van der Waals surface area contributed by atoms with Crippen molar-refractivity contribution in [3.63, 3.8) is 0 Å². The molecule has 1 aromatic rings. The largest absolute Gasteiger partial charge is 0.494 e. The first-order chi connectivity index (χ1) is 8.10. The maximum absolute atomic E-state index is 13.3. The van der Waals surface area contributed by atoms with Crippen molar-refractivity contribution < 1.29 is 18.7 Å². The number of hydrogen-bond acceptors (Lipinski definition) is 3. The van der Waals surface area contributed by atoms with Crippen LogP contribution in [0.5, 0.6) is 5.75 Å². The average Bonchev–Trinajstić information content (AvgIpc) is 2.34. The van der Waals surface area contributed by atoms with E-state index in [4.69, 9.17) is 4.74 Å². The van der Waals surface area contributed by atoms with Crippen molar-refractivity contribution in [1.82, 2.24) is 5.32 Å². The number of carbonyl (C=O) groups excluding carboxylic acids is 2. The molecule has 1 N–H and O–H groups in total. The molecule has 0 fully saturated rings. The molecule has 5 heteroatoms. The maximum atomic E-state index is 13.3. The van der Waals surface area contributed by atoms with Gasteiger partial charge in [0.1, 0.15) is 0 Å². The molecule has 0 aliphatic rings. The molecule has 0 heterocycles. The van der Waals surface area contributed by atoms with Crippen LogP contribution in [-0.2, 0) is 4.79 Å². The lowest BCUT2D eigenvalue weighted by atomic mass is 10.1. The third kappa shape index (κ3) is 3.27. The van der Waals surface area contributed by atoms with E-state index in [0.29, 0.717) is 6.54 Å². The second-order valence-electron chi connectivity index (χ2n) is 3.43. The summed E-state index contributed by atoms with van der Waals surface area (Å²) in [5.41, 5.74) is 0.0110. The van der Waals surface area contributed by atoms with E-state index in [1.54, 1.807) is 0 Å². The van der Waals surface area contributed by atoms with Crippen LogP contribution in [0.3, 0.4) is 0 Å². The zero-order chi connectivity index (χ0) is 12.8. The number of hydrogen-bond donors (Lipinski definition) is 1. The molecule has 0 saturated carbocycles. The Morgan fingerprint density at radius 3 is 2.65 bits per heavy atom. The number of carbonyl (C=O) groups is 2. The lowest BCUT2D eigenvalue weighted by molar-refractivity contribution is -0.116. The van der Waals surface area contributed by atoms with Gasteiger partial charge in [-0.25, -0.2) is 4.39 Å². The highest BCUT2D eigenvalue weighted by atomic mass is 19.1. The molecular formula is C12H14FNO3. The lowest BCUT2D eigenvalue weighted by Crippen LogP contribution is -2.31. The van der Waals surface area contributed by atoms with Crippen LogP contribution >= 0.6 is 0 Å². The van der Waals surface area contributed by atoms with Crippen molar-refractivity contribution in [1.29, 1.82) is 0 Å². The minimum Gasteiger partial charge on any atom is -0.494 e. The molecule has 0 aliphatic heterocycles. The van der Waals surface area contributed by atoms with E-state index in [2.05, 4.69) is 5.32 Å². The minimum absolute atomic E-state index is 0.0110. The van der Waals surface area contributed by atoms with Crippen molar-refractivity contribution in [2.45, 2.75) is 13.3 Å². The summed E-state index contributed by atoms with van der Waals surface area (Å²) in [6, 6.07) is 3.66. The Hall–Kier alpha value is -1.91. The maximum Gasteiger partial charge on any atom is 0.292 e. The van der Waals surface area contributed by atoms with Gasteiger partial charge >= 0.3 is 0 Å². The van der Waals surface area contributed by atoms with Gasteiger partial charge in [-0.15, -0.1) is 0 Å². The molecule has 4 nitrogen and oxygen atoms in total. The first kappa shape index (κ1) is 13.2. The van der Waals surface area contributed by atoms with Gasteiger partial charge in [0, 0.05) is 12.1 Å². The van der Waals surface area contributed by atoms with E-state index >= 15 is 0 Å². The van der Waals surface area contributed by atoms with E-state index in [0.717, 1.165) is 12.5 Å². The van der Waals surface area contributed by atoms with Crippen LogP contribution in [0.1, 0.15) is 23.7 Å². The Morgan fingerprint density at radius 2 is 2.12 bits per heavy atom. The van der Waals surface area contributed by atoms with Crippen LogP contribution in [0.4, 0.5) is 4.39 Å². The molecule has 1 aromatic carbocycles. The van der Waals surface area contributed by atoms with Crippen molar-refractivity contribution in [2.75, 3.05) is 13.7 Å². The Morgan fingerprint density at radius 1 is 1.41 bits per heavy atom. The molecule has 0 saturated heterocycles. The van der Waals surface area contributed by atoms with Crippen molar-refractivity contribution in [2.24, 2.45) is 0 Å². The molecule has 0 aromatic heterocycles. The summed E-state index contributed by atoms with van der Waals surface area (Å²) in [7, 11) is 1.33. The molecule has 1 rings (SSSR count). The summed E-state index contributed by atoms with van der Waals surface area (Å²) in [5.74, 6) is -2.10. The molecule has 17 heavy (non-hydrogen) atoms. The Balaban J connectivity index is 2.82. The molecule has 0 bridgehead atoms. The monoisotopic (exact) mass is 239 g/mol. The number of benzene rings is 1. The molecule has 92 valence electrons. The van der Waals surface area contributed by atoms with Crippen molar-refractivity contribution in [3.8, 4) is 5.75 Å². The zero-order valence-electron chi connectivity index (χ0n) is 9.75. The van der Waals surface area contributed by atoms with Crippen molar-refractivity contribution >= 4 is 11.7 Å². The predicted octanol–water partition coefficient (Wildman–Crippen LogP) is 1.54. The van der Waals surface area contributed by atoms with Gasteiger partial charge in [-0.2, -0.15) is 0 Å². The summed E-state index contributed by atoms with van der Waals surface area (Å²) >= 11 is 0. The fraction of sp³-hybridized carbons (Fsp3) is 0.333. The smallest absolute Gasteiger partial charge is 0.292 e.